The second-order valence-electron chi connectivity index (χ2n) is 5.12. The van der Waals surface area contributed by atoms with Crippen LogP contribution in [-0.2, 0) is 9.53 Å². The predicted molar refractivity (Wildman–Crippen MR) is 59.6 cm³/mol. The van der Waals surface area contributed by atoms with E-state index >= 15 is 0 Å². The minimum atomic E-state index is -0.506. The van der Waals surface area contributed by atoms with Crippen LogP contribution in [0.15, 0.2) is 11.8 Å². The van der Waals surface area contributed by atoms with E-state index in [1.54, 1.807) is 6.08 Å². The number of nitrogens with one attached hydrogen (secondary N) is 1. The molecule has 1 aliphatic heterocycles. The number of allylic oxidation sites excluding steroid dienone is 1. The number of Topliss-reactive ketones (excluding diaryl/α,β-unsaturated/α-hetero) is 1. The summed E-state index contributed by atoms with van der Waals surface area (Å²) < 4.78 is 5.79. The van der Waals surface area contributed by atoms with Crippen molar-refractivity contribution in [3.63, 3.8) is 0 Å². The van der Waals surface area contributed by atoms with Gasteiger partial charge in [-0.1, -0.05) is 13.8 Å². The third kappa shape index (κ3) is 1.77. The number of nitrogens with zero attached hydrogens (tertiary/aromatic N) is 1. The van der Waals surface area contributed by atoms with E-state index in [0.29, 0.717) is 19.6 Å². The molecule has 1 saturated heterocycles. The van der Waals surface area contributed by atoms with Crippen molar-refractivity contribution in [2.45, 2.75) is 25.9 Å². The highest BCUT2D eigenvalue weighted by atomic mass is 16.5. The zero-order chi connectivity index (χ0) is 11.8. The Morgan fingerprint density at radius 1 is 1.56 bits per heavy atom. The standard InChI is InChI=1S/C12H16N2O2/c1-11(2)7-12(8-14-4-5-16-12)6-9(13-3)10(11)15/h6,14H,4-5,7-8H2,1-2H3. The number of hydrogen-bond acceptors (Lipinski definition) is 3. The molecule has 0 amide bonds. The molecule has 1 heterocycles. The molecule has 1 fully saturated rings. The van der Waals surface area contributed by atoms with E-state index in [0.717, 1.165) is 6.54 Å². The van der Waals surface area contributed by atoms with Crippen molar-refractivity contribution in [3.05, 3.63) is 23.2 Å². The highest BCUT2D eigenvalue weighted by molar-refractivity contribution is 6.02. The SMILES string of the molecule is [C-]#[N+]C1=CC2(CNCCO2)CC(C)(C)C1=O. The maximum atomic E-state index is 11.9. The Labute approximate surface area is 95.5 Å². The Morgan fingerprint density at radius 2 is 2.31 bits per heavy atom. The number of ether oxygens (including phenoxy) is 1. The number of carbonyl (C=O) groups excluding carboxylic acids is 1. The van der Waals surface area contributed by atoms with Gasteiger partial charge in [-0.2, -0.15) is 0 Å². The molecule has 1 unspecified atom stereocenters. The smallest absolute Gasteiger partial charge is 0.228 e. The van der Waals surface area contributed by atoms with Crippen molar-refractivity contribution in [2.24, 2.45) is 5.41 Å². The van der Waals surface area contributed by atoms with Gasteiger partial charge in [0, 0.05) is 18.5 Å². The van der Waals surface area contributed by atoms with E-state index in [9.17, 15) is 4.79 Å². The van der Waals surface area contributed by atoms with Gasteiger partial charge in [0.15, 0.2) is 5.78 Å². The second kappa shape index (κ2) is 3.69. The fourth-order valence-electron chi connectivity index (χ4n) is 2.51. The third-order valence-corrected chi connectivity index (χ3v) is 3.20. The first kappa shape index (κ1) is 11.3. The molecule has 4 heteroatoms. The van der Waals surface area contributed by atoms with Gasteiger partial charge in [-0.15, -0.1) is 0 Å². The molecule has 1 spiro atoms. The van der Waals surface area contributed by atoms with Gasteiger partial charge in [0.1, 0.15) is 0 Å². The summed E-state index contributed by atoms with van der Waals surface area (Å²) in [6.45, 7) is 13.0. The molecule has 2 aliphatic rings. The maximum absolute atomic E-state index is 11.9. The summed E-state index contributed by atoms with van der Waals surface area (Å²) >= 11 is 0. The van der Waals surface area contributed by atoms with Crippen LogP contribution in [0, 0.1) is 12.0 Å². The minimum absolute atomic E-state index is 0.0673. The zero-order valence-corrected chi connectivity index (χ0v) is 9.67. The topological polar surface area (TPSA) is 42.7 Å². The minimum Gasteiger partial charge on any atom is -0.370 e. The lowest BCUT2D eigenvalue weighted by molar-refractivity contribution is -0.131. The maximum Gasteiger partial charge on any atom is 0.228 e. The van der Waals surface area contributed by atoms with E-state index < -0.39 is 11.0 Å². The van der Waals surface area contributed by atoms with Crippen molar-refractivity contribution >= 4 is 5.78 Å². The zero-order valence-electron chi connectivity index (χ0n) is 9.67. The lowest BCUT2D eigenvalue weighted by atomic mass is 9.71. The van der Waals surface area contributed by atoms with Gasteiger partial charge in [0.2, 0.25) is 5.70 Å². The van der Waals surface area contributed by atoms with E-state index in [1.165, 1.54) is 0 Å². The summed E-state index contributed by atoms with van der Waals surface area (Å²) in [6.07, 6.45) is 2.35. The molecule has 0 aromatic heterocycles. The molecule has 4 nitrogen and oxygen atoms in total. The number of ketones is 1. The Balaban J connectivity index is 2.39. The quantitative estimate of drug-likeness (QED) is 0.623. The van der Waals surface area contributed by atoms with Crippen LogP contribution in [0.25, 0.3) is 4.85 Å². The molecule has 2 rings (SSSR count). The molecule has 0 aromatic rings. The normalized spacial score (nSPS) is 33.3. The van der Waals surface area contributed by atoms with E-state index in [4.69, 9.17) is 11.3 Å². The van der Waals surface area contributed by atoms with Gasteiger partial charge in [-0.05, 0) is 12.5 Å². The third-order valence-electron chi connectivity index (χ3n) is 3.20. The molecule has 1 N–H and O–H groups in total. The molecule has 16 heavy (non-hydrogen) atoms. The first-order valence-corrected chi connectivity index (χ1v) is 5.49. The number of carbonyl (C=O) groups is 1. The van der Waals surface area contributed by atoms with Gasteiger partial charge in [-0.3, -0.25) is 0 Å². The van der Waals surface area contributed by atoms with E-state index in [1.807, 2.05) is 13.8 Å². The van der Waals surface area contributed by atoms with Crippen molar-refractivity contribution in [1.82, 2.24) is 5.32 Å². The van der Waals surface area contributed by atoms with Crippen molar-refractivity contribution in [3.8, 4) is 0 Å². The van der Waals surface area contributed by atoms with Crippen LogP contribution in [0.4, 0.5) is 0 Å². The molecule has 0 aromatic carbocycles. The lowest BCUT2D eigenvalue weighted by Gasteiger charge is -2.43. The summed E-state index contributed by atoms with van der Waals surface area (Å²) in [5.41, 5.74) is -0.747. The average molecular weight is 220 g/mol. The van der Waals surface area contributed by atoms with Gasteiger partial charge in [0.25, 0.3) is 0 Å². The molecule has 86 valence electrons. The first-order valence-electron chi connectivity index (χ1n) is 5.49. The Kier molecular flexibility index (Phi) is 2.61. The Bertz CT molecular complexity index is 384. The van der Waals surface area contributed by atoms with E-state index in [-0.39, 0.29) is 11.5 Å². The van der Waals surface area contributed by atoms with Crippen molar-refractivity contribution in [2.75, 3.05) is 19.7 Å². The summed E-state index contributed by atoms with van der Waals surface area (Å²) in [6, 6.07) is 0. The van der Waals surface area contributed by atoms with E-state index in [2.05, 4.69) is 10.2 Å². The van der Waals surface area contributed by atoms with Crippen LogP contribution in [0.5, 0.6) is 0 Å². The average Bonchev–Trinajstić information content (AvgIpc) is 2.24. The molecular weight excluding hydrogens is 204 g/mol. The summed E-state index contributed by atoms with van der Waals surface area (Å²) in [5.74, 6) is -0.0673. The summed E-state index contributed by atoms with van der Waals surface area (Å²) in [4.78, 5) is 15.3. The van der Waals surface area contributed by atoms with Crippen LogP contribution in [0.3, 0.4) is 0 Å². The first-order chi connectivity index (χ1) is 7.49. The van der Waals surface area contributed by atoms with Crippen molar-refractivity contribution in [1.29, 1.82) is 0 Å². The van der Waals surface area contributed by atoms with Gasteiger partial charge >= 0.3 is 0 Å². The molecule has 0 bridgehead atoms. The van der Waals surface area contributed by atoms with Crippen LogP contribution >= 0.6 is 0 Å². The number of morpholine rings is 1. The molecule has 0 radical (unpaired) electrons. The van der Waals surface area contributed by atoms with Crippen LogP contribution in [0.1, 0.15) is 20.3 Å². The van der Waals surface area contributed by atoms with Crippen LogP contribution in [0.2, 0.25) is 0 Å². The van der Waals surface area contributed by atoms with Crippen molar-refractivity contribution < 1.29 is 9.53 Å². The molecular formula is C12H16N2O2. The monoisotopic (exact) mass is 220 g/mol. The molecule has 1 atom stereocenters. The number of hydrogen-bond donors (Lipinski definition) is 1. The summed E-state index contributed by atoms with van der Waals surface area (Å²) in [7, 11) is 0. The number of rotatable bonds is 0. The fourth-order valence-corrected chi connectivity index (χ4v) is 2.51. The van der Waals surface area contributed by atoms with Gasteiger partial charge in [-0.25, -0.2) is 4.85 Å². The van der Waals surface area contributed by atoms with Crippen LogP contribution in [-0.4, -0.2) is 31.1 Å². The summed E-state index contributed by atoms with van der Waals surface area (Å²) in [5, 5.41) is 3.26. The Hall–Kier alpha value is -1.18. The second-order valence-corrected chi connectivity index (χ2v) is 5.12. The molecule has 0 saturated carbocycles. The van der Waals surface area contributed by atoms with Gasteiger partial charge in [0.05, 0.1) is 18.8 Å². The highest BCUT2D eigenvalue weighted by Gasteiger charge is 2.46. The van der Waals surface area contributed by atoms with Gasteiger partial charge < -0.3 is 14.8 Å². The van der Waals surface area contributed by atoms with Crippen LogP contribution < -0.4 is 5.32 Å². The predicted octanol–water partition coefficient (Wildman–Crippen LogP) is 1.15. The highest BCUT2D eigenvalue weighted by Crippen LogP contribution is 2.40. The molecule has 1 aliphatic carbocycles. The Morgan fingerprint density at radius 3 is 2.88 bits per heavy atom. The fraction of sp³-hybridized carbons (Fsp3) is 0.667. The largest absolute Gasteiger partial charge is 0.370 e. The lowest BCUT2D eigenvalue weighted by Crippen LogP contribution is -2.54.